The number of aromatic nitrogens is 1. The van der Waals surface area contributed by atoms with E-state index in [1.807, 2.05) is 0 Å². The molecule has 12 heavy (non-hydrogen) atoms. The third kappa shape index (κ3) is 2.18. The highest BCUT2D eigenvalue weighted by Gasteiger charge is 2.03. The zero-order valence-corrected chi connectivity index (χ0v) is 6.91. The van der Waals surface area contributed by atoms with Crippen LogP contribution in [0.5, 0.6) is 0 Å². The van der Waals surface area contributed by atoms with Gasteiger partial charge in [-0.05, 0) is 5.56 Å². The monoisotopic (exact) mass is 168 g/mol. The minimum Gasteiger partial charge on any atom is -0.383 e. The topological polar surface area (TPSA) is 68.1 Å². The summed E-state index contributed by atoms with van der Waals surface area (Å²) in [7, 11) is 1.59. The van der Waals surface area contributed by atoms with Gasteiger partial charge < -0.3 is 15.5 Å². The Hall–Kier alpha value is -1.13. The van der Waals surface area contributed by atoms with Gasteiger partial charge in [-0.1, -0.05) is 6.07 Å². The molecule has 1 rings (SSSR count). The molecule has 0 aliphatic heterocycles. The zero-order chi connectivity index (χ0) is 8.97. The molecule has 0 saturated heterocycles. The fourth-order valence-corrected chi connectivity index (χ4v) is 0.929. The zero-order valence-electron chi connectivity index (χ0n) is 6.91. The van der Waals surface area contributed by atoms with Crippen molar-refractivity contribution in [2.75, 3.05) is 13.7 Å². The number of pyridine rings is 1. The van der Waals surface area contributed by atoms with Crippen LogP contribution in [0.1, 0.15) is 11.6 Å². The Labute approximate surface area is 70.4 Å². The van der Waals surface area contributed by atoms with Crippen LogP contribution in [-0.4, -0.2) is 18.7 Å². The molecular weight excluding hydrogens is 156 g/mol. The molecule has 0 aliphatic rings. The van der Waals surface area contributed by atoms with E-state index in [1.54, 1.807) is 19.4 Å². The minimum atomic E-state index is -0.174. The highest BCUT2D eigenvalue weighted by molar-refractivity contribution is 5.13. The standard InChI is InChI=1S/C8H12N2O2/c1-12-5-7(9)6-2-3-8(11)10-4-6/h2-4,7H,5,9H2,1H3,(H,10,11). The van der Waals surface area contributed by atoms with Crippen molar-refractivity contribution >= 4 is 0 Å². The van der Waals surface area contributed by atoms with E-state index in [2.05, 4.69) is 4.98 Å². The molecule has 0 fully saturated rings. The van der Waals surface area contributed by atoms with Gasteiger partial charge in [0.05, 0.1) is 12.6 Å². The number of ether oxygens (including phenoxy) is 1. The van der Waals surface area contributed by atoms with Crippen LogP contribution in [0.15, 0.2) is 23.1 Å². The highest BCUT2D eigenvalue weighted by atomic mass is 16.5. The Morgan fingerprint density at radius 3 is 2.92 bits per heavy atom. The van der Waals surface area contributed by atoms with Crippen LogP contribution in [0.2, 0.25) is 0 Å². The molecule has 0 aliphatic carbocycles. The van der Waals surface area contributed by atoms with Gasteiger partial charge in [-0.2, -0.15) is 0 Å². The molecule has 66 valence electrons. The molecule has 1 aromatic heterocycles. The van der Waals surface area contributed by atoms with Gasteiger partial charge in [0.1, 0.15) is 0 Å². The summed E-state index contributed by atoms with van der Waals surface area (Å²) in [6.45, 7) is 0.450. The van der Waals surface area contributed by atoms with Crippen molar-refractivity contribution in [3.8, 4) is 0 Å². The van der Waals surface area contributed by atoms with Crippen molar-refractivity contribution in [2.45, 2.75) is 6.04 Å². The van der Waals surface area contributed by atoms with Gasteiger partial charge in [0.2, 0.25) is 5.56 Å². The van der Waals surface area contributed by atoms with Gasteiger partial charge in [0.15, 0.2) is 0 Å². The first-order chi connectivity index (χ1) is 5.74. The summed E-state index contributed by atoms with van der Waals surface area (Å²) in [4.78, 5) is 13.2. The molecule has 4 nitrogen and oxygen atoms in total. The molecule has 3 N–H and O–H groups in total. The largest absolute Gasteiger partial charge is 0.383 e. The highest BCUT2D eigenvalue weighted by Crippen LogP contribution is 2.05. The predicted octanol–water partition coefficient (Wildman–Crippen LogP) is 0.0211. The van der Waals surface area contributed by atoms with Crippen molar-refractivity contribution in [1.29, 1.82) is 0 Å². The lowest BCUT2D eigenvalue weighted by atomic mass is 10.1. The average molecular weight is 168 g/mol. The van der Waals surface area contributed by atoms with E-state index in [-0.39, 0.29) is 11.6 Å². The molecule has 0 aromatic carbocycles. The number of aromatic amines is 1. The van der Waals surface area contributed by atoms with Crippen LogP contribution >= 0.6 is 0 Å². The summed E-state index contributed by atoms with van der Waals surface area (Å²) < 4.78 is 4.87. The number of nitrogens with one attached hydrogen (secondary N) is 1. The van der Waals surface area contributed by atoms with E-state index in [0.29, 0.717) is 6.61 Å². The first-order valence-corrected chi connectivity index (χ1v) is 3.67. The van der Waals surface area contributed by atoms with Crippen LogP contribution in [0.4, 0.5) is 0 Å². The predicted molar refractivity (Wildman–Crippen MR) is 45.9 cm³/mol. The average Bonchev–Trinajstić information content (AvgIpc) is 2.06. The number of methoxy groups -OCH3 is 1. The van der Waals surface area contributed by atoms with Crippen LogP contribution in [-0.2, 0) is 4.74 Å². The Morgan fingerprint density at radius 2 is 2.42 bits per heavy atom. The Kier molecular flexibility index (Phi) is 3.01. The third-order valence-electron chi connectivity index (χ3n) is 1.58. The molecule has 0 radical (unpaired) electrons. The second-order valence-electron chi connectivity index (χ2n) is 2.55. The fourth-order valence-electron chi connectivity index (χ4n) is 0.929. The van der Waals surface area contributed by atoms with Crippen molar-refractivity contribution in [2.24, 2.45) is 5.73 Å². The van der Waals surface area contributed by atoms with E-state index in [4.69, 9.17) is 10.5 Å². The van der Waals surface area contributed by atoms with Crippen molar-refractivity contribution in [1.82, 2.24) is 4.98 Å². The number of nitrogens with two attached hydrogens (primary N) is 1. The van der Waals surface area contributed by atoms with E-state index < -0.39 is 0 Å². The molecule has 0 bridgehead atoms. The van der Waals surface area contributed by atoms with E-state index in [1.165, 1.54) is 6.07 Å². The fraction of sp³-hybridized carbons (Fsp3) is 0.375. The van der Waals surface area contributed by atoms with Gasteiger partial charge in [-0.25, -0.2) is 0 Å². The first-order valence-electron chi connectivity index (χ1n) is 3.67. The number of H-pyrrole nitrogens is 1. The van der Waals surface area contributed by atoms with Gasteiger partial charge in [-0.3, -0.25) is 4.79 Å². The molecule has 1 heterocycles. The maximum absolute atomic E-state index is 10.7. The Balaban J connectivity index is 2.75. The Bertz CT molecular complexity index is 275. The molecule has 0 spiro atoms. The smallest absolute Gasteiger partial charge is 0.247 e. The second kappa shape index (κ2) is 4.04. The number of hydrogen-bond donors (Lipinski definition) is 2. The summed E-state index contributed by atoms with van der Waals surface area (Å²) in [5.74, 6) is 0. The maximum atomic E-state index is 10.7. The number of hydrogen-bond acceptors (Lipinski definition) is 3. The van der Waals surface area contributed by atoms with Crippen molar-refractivity contribution in [3.05, 3.63) is 34.2 Å². The van der Waals surface area contributed by atoms with Crippen molar-refractivity contribution in [3.63, 3.8) is 0 Å². The molecule has 1 aromatic rings. The van der Waals surface area contributed by atoms with E-state index in [9.17, 15) is 4.79 Å². The SMILES string of the molecule is COCC(N)c1ccc(=O)[nH]c1. The van der Waals surface area contributed by atoms with Gasteiger partial charge in [0.25, 0.3) is 0 Å². The molecule has 1 unspecified atom stereocenters. The number of rotatable bonds is 3. The summed E-state index contributed by atoms with van der Waals surface area (Å²) in [6.07, 6.45) is 1.60. The Morgan fingerprint density at radius 1 is 1.67 bits per heavy atom. The normalized spacial score (nSPS) is 12.8. The lowest BCUT2D eigenvalue weighted by Crippen LogP contribution is -2.17. The summed E-state index contributed by atoms with van der Waals surface area (Å²) in [6, 6.07) is 2.97. The van der Waals surface area contributed by atoms with Gasteiger partial charge in [0, 0.05) is 19.4 Å². The van der Waals surface area contributed by atoms with Crippen LogP contribution < -0.4 is 11.3 Å². The maximum Gasteiger partial charge on any atom is 0.247 e. The van der Waals surface area contributed by atoms with Gasteiger partial charge >= 0.3 is 0 Å². The van der Waals surface area contributed by atoms with Crippen LogP contribution in [0.25, 0.3) is 0 Å². The molecule has 1 atom stereocenters. The minimum absolute atomic E-state index is 0.122. The van der Waals surface area contributed by atoms with Crippen LogP contribution in [0, 0.1) is 0 Å². The lowest BCUT2D eigenvalue weighted by molar-refractivity contribution is 0.181. The first kappa shape index (κ1) is 8.96. The molecule has 0 amide bonds. The summed E-state index contributed by atoms with van der Waals surface area (Å²) in [5, 5.41) is 0. The van der Waals surface area contributed by atoms with E-state index >= 15 is 0 Å². The quantitative estimate of drug-likeness (QED) is 0.668. The summed E-state index contributed by atoms with van der Waals surface area (Å²) >= 11 is 0. The van der Waals surface area contributed by atoms with Gasteiger partial charge in [-0.15, -0.1) is 0 Å². The van der Waals surface area contributed by atoms with Crippen LogP contribution in [0.3, 0.4) is 0 Å². The molecule has 0 saturated carbocycles. The van der Waals surface area contributed by atoms with Crippen molar-refractivity contribution < 1.29 is 4.74 Å². The molecular formula is C8H12N2O2. The third-order valence-corrected chi connectivity index (χ3v) is 1.58. The molecule has 4 heteroatoms. The second-order valence-corrected chi connectivity index (χ2v) is 2.55. The summed E-state index contributed by atoms with van der Waals surface area (Å²) in [5.41, 5.74) is 6.46. The van der Waals surface area contributed by atoms with E-state index in [0.717, 1.165) is 5.56 Å². The lowest BCUT2D eigenvalue weighted by Gasteiger charge is -2.09.